The van der Waals surface area contributed by atoms with Crippen LogP contribution in [0.1, 0.15) is 19.4 Å². The Morgan fingerprint density at radius 3 is 2.65 bits per heavy atom. The van der Waals surface area contributed by atoms with Crippen molar-refractivity contribution in [3.63, 3.8) is 0 Å². The fourth-order valence-electron chi connectivity index (χ4n) is 1.72. The molecule has 0 amide bonds. The van der Waals surface area contributed by atoms with E-state index in [1.54, 1.807) is 19.1 Å². The number of hydrogen-bond acceptors (Lipinski definition) is 5. The van der Waals surface area contributed by atoms with E-state index in [-0.39, 0.29) is 16.7 Å². The molecule has 0 aliphatic rings. The molecule has 0 radical (unpaired) electrons. The number of hydrogen-bond donors (Lipinski definition) is 2. The molecule has 1 unspecified atom stereocenters. The van der Waals surface area contributed by atoms with Crippen LogP contribution in [0.3, 0.4) is 0 Å². The lowest BCUT2D eigenvalue weighted by Crippen LogP contribution is -2.36. The molecular formula is C13H22N2O4S. The molecule has 7 heteroatoms. The summed E-state index contributed by atoms with van der Waals surface area (Å²) in [6, 6.07) is 4.47. The zero-order chi connectivity index (χ0) is 15.2. The first-order valence-electron chi connectivity index (χ1n) is 6.41. The molecule has 0 aliphatic heterocycles. The third kappa shape index (κ3) is 4.45. The van der Waals surface area contributed by atoms with Gasteiger partial charge in [0.2, 0.25) is 10.0 Å². The third-order valence-electron chi connectivity index (χ3n) is 2.68. The minimum absolute atomic E-state index is 0.0977. The van der Waals surface area contributed by atoms with Crippen LogP contribution in [0.5, 0.6) is 5.75 Å². The largest absolute Gasteiger partial charge is 0.495 e. The molecule has 114 valence electrons. The van der Waals surface area contributed by atoms with Gasteiger partial charge in [0, 0.05) is 19.2 Å². The Labute approximate surface area is 120 Å². The summed E-state index contributed by atoms with van der Waals surface area (Å²) < 4.78 is 37.5. The molecule has 0 saturated heterocycles. The van der Waals surface area contributed by atoms with Gasteiger partial charge in [0.05, 0.1) is 13.7 Å². The average Bonchev–Trinajstić information content (AvgIpc) is 2.43. The second-order valence-electron chi connectivity index (χ2n) is 4.37. The lowest BCUT2D eigenvalue weighted by atomic mass is 10.2. The first-order valence-corrected chi connectivity index (χ1v) is 7.90. The SMILES string of the molecule is CCOCC(C)NS(=O)(=O)c1ccc(CN)cc1OC. The highest BCUT2D eigenvalue weighted by molar-refractivity contribution is 7.89. The number of nitrogens with one attached hydrogen (secondary N) is 1. The van der Waals surface area contributed by atoms with Gasteiger partial charge in [-0.1, -0.05) is 6.07 Å². The summed E-state index contributed by atoms with van der Waals surface area (Å²) in [5, 5.41) is 0. The van der Waals surface area contributed by atoms with Crippen molar-refractivity contribution in [2.75, 3.05) is 20.3 Å². The van der Waals surface area contributed by atoms with E-state index in [9.17, 15) is 8.42 Å². The first-order chi connectivity index (χ1) is 9.44. The van der Waals surface area contributed by atoms with E-state index in [0.29, 0.717) is 19.8 Å². The Morgan fingerprint density at radius 2 is 2.10 bits per heavy atom. The normalized spacial score (nSPS) is 13.2. The predicted octanol–water partition coefficient (Wildman–Crippen LogP) is 0.857. The number of nitrogens with two attached hydrogens (primary N) is 1. The Balaban J connectivity index is 2.97. The van der Waals surface area contributed by atoms with Gasteiger partial charge in [0.1, 0.15) is 10.6 Å². The van der Waals surface area contributed by atoms with E-state index in [0.717, 1.165) is 5.56 Å². The molecule has 6 nitrogen and oxygen atoms in total. The maximum absolute atomic E-state index is 12.3. The smallest absolute Gasteiger partial charge is 0.244 e. The summed E-state index contributed by atoms with van der Waals surface area (Å²) in [6.07, 6.45) is 0. The highest BCUT2D eigenvalue weighted by Crippen LogP contribution is 2.25. The number of benzene rings is 1. The summed E-state index contributed by atoms with van der Waals surface area (Å²) in [4.78, 5) is 0.0977. The van der Waals surface area contributed by atoms with Gasteiger partial charge >= 0.3 is 0 Å². The third-order valence-corrected chi connectivity index (χ3v) is 4.31. The predicted molar refractivity (Wildman–Crippen MR) is 77.2 cm³/mol. The number of sulfonamides is 1. The van der Waals surface area contributed by atoms with Crippen molar-refractivity contribution < 1.29 is 17.9 Å². The molecule has 0 heterocycles. The fourth-order valence-corrected chi connectivity index (χ4v) is 3.10. The lowest BCUT2D eigenvalue weighted by molar-refractivity contribution is 0.133. The summed E-state index contributed by atoms with van der Waals surface area (Å²) in [6.45, 7) is 4.79. The summed E-state index contributed by atoms with van der Waals surface area (Å²) in [5.41, 5.74) is 6.34. The van der Waals surface area contributed by atoms with Crippen molar-refractivity contribution >= 4 is 10.0 Å². The molecule has 1 atom stereocenters. The van der Waals surface area contributed by atoms with Crippen LogP contribution in [0.2, 0.25) is 0 Å². The van der Waals surface area contributed by atoms with Crippen LogP contribution in [0, 0.1) is 0 Å². The monoisotopic (exact) mass is 302 g/mol. The first kappa shape index (κ1) is 16.9. The van der Waals surface area contributed by atoms with Crippen LogP contribution >= 0.6 is 0 Å². The molecule has 1 aromatic rings. The molecule has 0 aliphatic carbocycles. The van der Waals surface area contributed by atoms with Crippen LogP contribution in [-0.4, -0.2) is 34.8 Å². The van der Waals surface area contributed by atoms with Crippen molar-refractivity contribution in [1.82, 2.24) is 4.72 Å². The molecule has 20 heavy (non-hydrogen) atoms. The minimum Gasteiger partial charge on any atom is -0.495 e. The van der Waals surface area contributed by atoms with Crippen molar-refractivity contribution in [1.29, 1.82) is 0 Å². The highest BCUT2D eigenvalue weighted by atomic mass is 32.2. The van der Waals surface area contributed by atoms with Crippen molar-refractivity contribution in [3.8, 4) is 5.75 Å². The van der Waals surface area contributed by atoms with Gasteiger partial charge < -0.3 is 15.2 Å². The Hall–Kier alpha value is -1.15. The fraction of sp³-hybridized carbons (Fsp3) is 0.538. The molecule has 1 rings (SSSR count). The van der Waals surface area contributed by atoms with E-state index >= 15 is 0 Å². The molecule has 0 saturated carbocycles. The highest BCUT2D eigenvalue weighted by Gasteiger charge is 2.21. The number of ether oxygens (including phenoxy) is 2. The maximum atomic E-state index is 12.3. The quantitative estimate of drug-likeness (QED) is 0.743. The van der Waals surface area contributed by atoms with Crippen molar-refractivity contribution in [2.45, 2.75) is 31.3 Å². The van der Waals surface area contributed by atoms with Crippen LogP contribution in [0.4, 0.5) is 0 Å². The van der Waals surface area contributed by atoms with Crippen LogP contribution in [-0.2, 0) is 21.3 Å². The summed E-state index contributed by atoms with van der Waals surface area (Å²) in [5.74, 6) is 0.282. The minimum atomic E-state index is -3.65. The zero-order valence-corrected chi connectivity index (χ0v) is 12.9. The number of methoxy groups -OCH3 is 1. The van der Waals surface area contributed by atoms with E-state index in [1.807, 2.05) is 6.92 Å². The van der Waals surface area contributed by atoms with Gasteiger partial charge in [-0.3, -0.25) is 0 Å². The van der Waals surface area contributed by atoms with Gasteiger partial charge in [-0.2, -0.15) is 0 Å². The topological polar surface area (TPSA) is 90.7 Å². The molecule has 0 aromatic heterocycles. The zero-order valence-electron chi connectivity index (χ0n) is 12.0. The molecule has 0 fully saturated rings. The lowest BCUT2D eigenvalue weighted by Gasteiger charge is -2.16. The Kier molecular flexibility index (Phi) is 6.41. The average molecular weight is 302 g/mol. The molecule has 3 N–H and O–H groups in total. The van der Waals surface area contributed by atoms with Gasteiger partial charge in [0.15, 0.2) is 0 Å². The molecule has 1 aromatic carbocycles. The van der Waals surface area contributed by atoms with Crippen molar-refractivity contribution in [2.24, 2.45) is 5.73 Å². The van der Waals surface area contributed by atoms with Crippen LogP contribution < -0.4 is 15.2 Å². The molecule has 0 spiro atoms. The van der Waals surface area contributed by atoms with E-state index in [2.05, 4.69) is 4.72 Å². The van der Waals surface area contributed by atoms with Crippen LogP contribution in [0.15, 0.2) is 23.1 Å². The van der Waals surface area contributed by atoms with Gasteiger partial charge in [0.25, 0.3) is 0 Å². The second-order valence-corrected chi connectivity index (χ2v) is 6.05. The van der Waals surface area contributed by atoms with E-state index in [4.69, 9.17) is 15.2 Å². The maximum Gasteiger partial charge on any atom is 0.244 e. The van der Waals surface area contributed by atoms with Gasteiger partial charge in [-0.15, -0.1) is 0 Å². The summed E-state index contributed by atoms with van der Waals surface area (Å²) in [7, 11) is -2.22. The summed E-state index contributed by atoms with van der Waals surface area (Å²) >= 11 is 0. The molecular weight excluding hydrogens is 280 g/mol. The Bertz CT molecular complexity index is 531. The van der Waals surface area contributed by atoms with E-state index < -0.39 is 10.0 Å². The standard InChI is InChI=1S/C13H22N2O4S/c1-4-19-9-10(2)15-20(16,17)13-6-5-11(8-14)7-12(13)18-3/h5-7,10,15H,4,8-9,14H2,1-3H3. The van der Waals surface area contributed by atoms with Crippen molar-refractivity contribution in [3.05, 3.63) is 23.8 Å². The number of rotatable bonds is 8. The van der Waals surface area contributed by atoms with E-state index in [1.165, 1.54) is 13.2 Å². The van der Waals surface area contributed by atoms with Gasteiger partial charge in [-0.25, -0.2) is 13.1 Å². The molecule has 0 bridgehead atoms. The Morgan fingerprint density at radius 1 is 1.40 bits per heavy atom. The second kappa shape index (κ2) is 7.58. The van der Waals surface area contributed by atoms with Crippen LogP contribution in [0.25, 0.3) is 0 Å². The van der Waals surface area contributed by atoms with Gasteiger partial charge in [-0.05, 0) is 31.5 Å².